The standard InChI is InChI=1S/C22H29NO/c1-4-5-6-7-14-23-16-20-10-12-22(13-11-20)24-17-21-9-8-18(2)19(3)15-21/h8-13,15-16H,4-7,14,17H2,1-3H3/b23-16+. The van der Waals surface area contributed by atoms with E-state index in [0.717, 1.165) is 17.9 Å². The van der Waals surface area contributed by atoms with Crippen LogP contribution in [0.4, 0.5) is 0 Å². The largest absolute Gasteiger partial charge is 0.489 e. The molecule has 0 amide bonds. The lowest BCUT2D eigenvalue weighted by atomic mass is 10.1. The molecule has 0 radical (unpaired) electrons. The van der Waals surface area contributed by atoms with Gasteiger partial charge in [0.05, 0.1) is 0 Å². The summed E-state index contributed by atoms with van der Waals surface area (Å²) in [6.45, 7) is 8.02. The van der Waals surface area contributed by atoms with Crippen LogP contribution in [0.15, 0.2) is 47.5 Å². The van der Waals surface area contributed by atoms with Gasteiger partial charge in [-0.1, -0.05) is 44.4 Å². The molecule has 0 aromatic heterocycles. The first-order valence-electron chi connectivity index (χ1n) is 8.98. The molecule has 0 saturated heterocycles. The quantitative estimate of drug-likeness (QED) is 0.417. The Hall–Kier alpha value is -2.09. The van der Waals surface area contributed by atoms with E-state index in [1.165, 1.54) is 42.4 Å². The monoisotopic (exact) mass is 323 g/mol. The number of nitrogens with zero attached hydrogens (tertiary/aromatic N) is 1. The highest BCUT2D eigenvalue weighted by atomic mass is 16.5. The molecule has 0 N–H and O–H groups in total. The molecular formula is C22H29NO. The molecule has 128 valence electrons. The second-order valence-electron chi connectivity index (χ2n) is 6.37. The Morgan fingerprint density at radius 2 is 1.71 bits per heavy atom. The zero-order valence-corrected chi connectivity index (χ0v) is 15.2. The minimum absolute atomic E-state index is 0.603. The minimum Gasteiger partial charge on any atom is -0.489 e. The second-order valence-corrected chi connectivity index (χ2v) is 6.37. The third-order valence-corrected chi connectivity index (χ3v) is 4.24. The zero-order valence-electron chi connectivity index (χ0n) is 15.2. The van der Waals surface area contributed by atoms with Gasteiger partial charge in [-0.2, -0.15) is 0 Å². The summed E-state index contributed by atoms with van der Waals surface area (Å²) in [5, 5.41) is 0. The average molecular weight is 323 g/mol. The number of hydrogen-bond donors (Lipinski definition) is 0. The zero-order chi connectivity index (χ0) is 17.2. The van der Waals surface area contributed by atoms with E-state index in [-0.39, 0.29) is 0 Å². The Kier molecular flexibility index (Phi) is 7.54. The van der Waals surface area contributed by atoms with Gasteiger partial charge in [0, 0.05) is 12.8 Å². The van der Waals surface area contributed by atoms with E-state index in [0.29, 0.717) is 6.61 Å². The predicted octanol–water partition coefficient (Wildman–Crippen LogP) is 5.88. The van der Waals surface area contributed by atoms with Crippen LogP contribution in [0, 0.1) is 13.8 Å². The first-order valence-corrected chi connectivity index (χ1v) is 8.98. The van der Waals surface area contributed by atoms with Gasteiger partial charge in [-0.15, -0.1) is 0 Å². The fourth-order valence-electron chi connectivity index (χ4n) is 2.51. The van der Waals surface area contributed by atoms with Crippen LogP contribution in [0.1, 0.15) is 54.9 Å². The molecule has 0 saturated carbocycles. The Balaban J connectivity index is 1.79. The first kappa shape index (κ1) is 18.3. The van der Waals surface area contributed by atoms with Crippen molar-refractivity contribution in [3.63, 3.8) is 0 Å². The van der Waals surface area contributed by atoms with E-state index in [9.17, 15) is 0 Å². The van der Waals surface area contributed by atoms with E-state index >= 15 is 0 Å². The van der Waals surface area contributed by atoms with Crippen LogP contribution in [0.2, 0.25) is 0 Å². The molecule has 0 aliphatic carbocycles. The average Bonchev–Trinajstić information content (AvgIpc) is 2.60. The minimum atomic E-state index is 0.603. The summed E-state index contributed by atoms with van der Waals surface area (Å²) in [6, 6.07) is 14.6. The maximum absolute atomic E-state index is 5.87. The summed E-state index contributed by atoms with van der Waals surface area (Å²) in [5.41, 5.74) is 4.96. The van der Waals surface area contributed by atoms with Gasteiger partial charge >= 0.3 is 0 Å². The Bertz CT molecular complexity index is 644. The van der Waals surface area contributed by atoms with Gasteiger partial charge in [0.2, 0.25) is 0 Å². The topological polar surface area (TPSA) is 21.6 Å². The molecule has 0 aliphatic heterocycles. The van der Waals surface area contributed by atoms with E-state index in [2.05, 4.69) is 56.1 Å². The van der Waals surface area contributed by atoms with Crippen LogP contribution in [-0.2, 0) is 6.61 Å². The van der Waals surface area contributed by atoms with Crippen molar-refractivity contribution >= 4 is 6.21 Å². The Labute approximate surface area is 146 Å². The van der Waals surface area contributed by atoms with E-state index in [1.807, 2.05) is 18.3 Å². The highest BCUT2D eigenvalue weighted by molar-refractivity contribution is 5.79. The van der Waals surface area contributed by atoms with Crippen LogP contribution in [0.5, 0.6) is 5.75 Å². The lowest BCUT2D eigenvalue weighted by Crippen LogP contribution is -1.96. The lowest BCUT2D eigenvalue weighted by Gasteiger charge is -2.08. The summed E-state index contributed by atoms with van der Waals surface area (Å²) in [4.78, 5) is 4.49. The molecule has 2 aromatic rings. The van der Waals surface area contributed by atoms with E-state index < -0.39 is 0 Å². The molecule has 2 nitrogen and oxygen atoms in total. The van der Waals surface area contributed by atoms with Crippen molar-refractivity contribution in [1.82, 2.24) is 0 Å². The lowest BCUT2D eigenvalue weighted by molar-refractivity contribution is 0.306. The van der Waals surface area contributed by atoms with E-state index in [4.69, 9.17) is 4.74 Å². The van der Waals surface area contributed by atoms with Crippen LogP contribution in [-0.4, -0.2) is 12.8 Å². The normalized spacial score (nSPS) is 11.1. The van der Waals surface area contributed by atoms with Gasteiger partial charge in [-0.25, -0.2) is 0 Å². The Morgan fingerprint density at radius 1 is 0.917 bits per heavy atom. The smallest absolute Gasteiger partial charge is 0.119 e. The first-order chi connectivity index (χ1) is 11.7. The molecule has 24 heavy (non-hydrogen) atoms. The highest BCUT2D eigenvalue weighted by Gasteiger charge is 1.99. The van der Waals surface area contributed by atoms with Crippen LogP contribution in [0.25, 0.3) is 0 Å². The SMILES string of the molecule is CCCCCC/N=C/c1ccc(OCc2ccc(C)c(C)c2)cc1. The number of benzene rings is 2. The van der Waals surface area contributed by atoms with Gasteiger partial charge in [0.15, 0.2) is 0 Å². The maximum atomic E-state index is 5.87. The molecule has 2 rings (SSSR count). The molecule has 0 unspecified atom stereocenters. The van der Waals surface area contributed by atoms with Crippen molar-refractivity contribution in [3.05, 3.63) is 64.7 Å². The van der Waals surface area contributed by atoms with Gasteiger partial charge in [0.1, 0.15) is 12.4 Å². The number of aliphatic imine (C=N–C) groups is 1. The van der Waals surface area contributed by atoms with Crippen molar-refractivity contribution in [1.29, 1.82) is 0 Å². The van der Waals surface area contributed by atoms with Crippen molar-refractivity contribution in [2.24, 2.45) is 4.99 Å². The van der Waals surface area contributed by atoms with Gasteiger partial charge in [-0.3, -0.25) is 4.99 Å². The summed E-state index contributed by atoms with van der Waals surface area (Å²) in [6.07, 6.45) is 7.00. The summed E-state index contributed by atoms with van der Waals surface area (Å²) >= 11 is 0. The fourth-order valence-corrected chi connectivity index (χ4v) is 2.51. The second kappa shape index (κ2) is 9.92. The van der Waals surface area contributed by atoms with Gasteiger partial charge < -0.3 is 4.74 Å². The molecule has 0 fully saturated rings. The highest BCUT2D eigenvalue weighted by Crippen LogP contribution is 2.15. The van der Waals surface area contributed by atoms with Crippen molar-refractivity contribution < 1.29 is 4.74 Å². The Morgan fingerprint density at radius 3 is 2.42 bits per heavy atom. The van der Waals surface area contributed by atoms with Crippen LogP contribution < -0.4 is 4.74 Å². The fraction of sp³-hybridized carbons (Fsp3) is 0.409. The molecule has 0 aliphatic rings. The van der Waals surface area contributed by atoms with E-state index in [1.54, 1.807) is 0 Å². The summed E-state index contributed by atoms with van der Waals surface area (Å²) in [7, 11) is 0. The number of rotatable bonds is 9. The van der Waals surface area contributed by atoms with Gasteiger partial charge in [-0.05, 0) is 66.8 Å². The maximum Gasteiger partial charge on any atom is 0.119 e. The summed E-state index contributed by atoms with van der Waals surface area (Å²) in [5.74, 6) is 0.897. The van der Waals surface area contributed by atoms with Crippen molar-refractivity contribution in [2.75, 3.05) is 6.54 Å². The molecule has 0 bridgehead atoms. The molecular weight excluding hydrogens is 294 g/mol. The molecule has 2 heteroatoms. The molecule has 2 aromatic carbocycles. The summed E-state index contributed by atoms with van der Waals surface area (Å²) < 4.78 is 5.87. The van der Waals surface area contributed by atoms with Gasteiger partial charge in [0.25, 0.3) is 0 Å². The van der Waals surface area contributed by atoms with Crippen molar-refractivity contribution in [3.8, 4) is 5.75 Å². The number of unbranched alkanes of at least 4 members (excludes halogenated alkanes) is 3. The van der Waals surface area contributed by atoms with Crippen molar-refractivity contribution in [2.45, 2.75) is 53.1 Å². The molecule has 0 heterocycles. The van der Waals surface area contributed by atoms with Crippen LogP contribution >= 0.6 is 0 Å². The number of aryl methyl sites for hydroxylation is 2. The number of ether oxygens (including phenoxy) is 1. The third kappa shape index (κ3) is 6.19. The molecule has 0 spiro atoms. The number of hydrogen-bond acceptors (Lipinski definition) is 2. The van der Waals surface area contributed by atoms with Crippen LogP contribution in [0.3, 0.4) is 0 Å². The third-order valence-electron chi connectivity index (χ3n) is 4.24. The predicted molar refractivity (Wildman–Crippen MR) is 103 cm³/mol. The molecule has 0 atom stereocenters.